The van der Waals surface area contributed by atoms with E-state index in [1.807, 2.05) is 0 Å². The van der Waals surface area contributed by atoms with Crippen molar-refractivity contribution in [3.63, 3.8) is 0 Å². The summed E-state index contributed by atoms with van der Waals surface area (Å²) >= 11 is 0. The van der Waals surface area contributed by atoms with Crippen molar-refractivity contribution in [3.05, 3.63) is 17.0 Å². The normalized spacial score (nSPS) is 28.9. The van der Waals surface area contributed by atoms with Gasteiger partial charge in [0.15, 0.2) is 5.69 Å². The van der Waals surface area contributed by atoms with E-state index < -0.39 is 5.97 Å². The third kappa shape index (κ3) is 0.928. The molecule has 5 heteroatoms. The first kappa shape index (κ1) is 7.99. The molecular formula is C9H10N2O3. The fraction of sp³-hybridized carbons (Fsp3) is 0.556. The van der Waals surface area contributed by atoms with E-state index in [0.29, 0.717) is 0 Å². The van der Waals surface area contributed by atoms with Crippen LogP contribution in [0.25, 0.3) is 0 Å². The molecule has 0 amide bonds. The zero-order valence-electron chi connectivity index (χ0n) is 7.49. The highest BCUT2D eigenvalue weighted by Gasteiger charge is 2.38. The van der Waals surface area contributed by atoms with Gasteiger partial charge in [-0.1, -0.05) is 0 Å². The van der Waals surface area contributed by atoms with Crippen LogP contribution in [-0.4, -0.2) is 27.4 Å². The molecule has 2 aliphatic rings. The summed E-state index contributed by atoms with van der Waals surface area (Å²) in [7, 11) is 0. The average Bonchev–Trinajstić information content (AvgIpc) is 2.71. The van der Waals surface area contributed by atoms with E-state index in [1.165, 1.54) is 0 Å². The van der Waals surface area contributed by atoms with E-state index in [4.69, 9.17) is 9.84 Å². The number of aromatic amines is 1. The molecule has 1 aromatic heterocycles. The van der Waals surface area contributed by atoms with E-state index in [0.717, 1.165) is 30.5 Å². The van der Waals surface area contributed by atoms with Crippen molar-refractivity contribution >= 4 is 5.97 Å². The predicted octanol–water partition coefficient (Wildman–Crippen LogP) is 0.884. The minimum Gasteiger partial charge on any atom is -0.476 e. The SMILES string of the molecule is O=C(O)c1n[nH]c2c1C1CCC(C2)O1. The summed E-state index contributed by atoms with van der Waals surface area (Å²) in [6.07, 6.45) is 2.92. The number of nitrogens with one attached hydrogen (secondary N) is 1. The number of hydrogen-bond acceptors (Lipinski definition) is 3. The van der Waals surface area contributed by atoms with Gasteiger partial charge in [-0.15, -0.1) is 0 Å². The van der Waals surface area contributed by atoms with Crippen LogP contribution in [0.3, 0.4) is 0 Å². The molecule has 0 radical (unpaired) electrons. The Balaban J connectivity index is 2.13. The quantitative estimate of drug-likeness (QED) is 0.696. The molecule has 0 aromatic carbocycles. The minimum absolute atomic E-state index is 0.0476. The first-order valence-corrected chi connectivity index (χ1v) is 4.71. The molecular weight excluding hydrogens is 184 g/mol. The van der Waals surface area contributed by atoms with Crippen molar-refractivity contribution < 1.29 is 14.6 Å². The maximum absolute atomic E-state index is 10.9. The van der Waals surface area contributed by atoms with Crippen molar-refractivity contribution in [3.8, 4) is 0 Å². The summed E-state index contributed by atoms with van der Waals surface area (Å²) in [5.74, 6) is -0.976. The molecule has 14 heavy (non-hydrogen) atoms. The zero-order valence-corrected chi connectivity index (χ0v) is 7.49. The van der Waals surface area contributed by atoms with Crippen LogP contribution in [0.1, 0.15) is 40.7 Å². The van der Waals surface area contributed by atoms with Crippen LogP contribution >= 0.6 is 0 Å². The highest BCUT2D eigenvalue weighted by molar-refractivity contribution is 5.87. The van der Waals surface area contributed by atoms with E-state index >= 15 is 0 Å². The first-order valence-electron chi connectivity index (χ1n) is 4.71. The van der Waals surface area contributed by atoms with Crippen LogP contribution in [0.15, 0.2) is 0 Å². The Hall–Kier alpha value is -1.36. The molecule has 0 saturated carbocycles. The highest BCUT2D eigenvalue weighted by Crippen LogP contribution is 2.41. The number of carboxylic acid groups (broad SMARTS) is 1. The molecule has 1 fully saturated rings. The lowest BCUT2D eigenvalue weighted by Crippen LogP contribution is -2.18. The van der Waals surface area contributed by atoms with Crippen LogP contribution in [0, 0.1) is 0 Å². The number of aromatic carboxylic acids is 1. The molecule has 0 spiro atoms. The number of rotatable bonds is 1. The summed E-state index contributed by atoms with van der Waals surface area (Å²) in [6, 6.07) is 0. The van der Waals surface area contributed by atoms with Gasteiger partial charge in [-0.2, -0.15) is 5.10 Å². The number of carbonyl (C=O) groups is 1. The number of hydrogen-bond donors (Lipinski definition) is 2. The maximum Gasteiger partial charge on any atom is 0.356 e. The Morgan fingerprint density at radius 3 is 3.21 bits per heavy atom. The van der Waals surface area contributed by atoms with Gasteiger partial charge < -0.3 is 9.84 Å². The van der Waals surface area contributed by atoms with Crippen molar-refractivity contribution in [2.45, 2.75) is 31.5 Å². The monoisotopic (exact) mass is 194 g/mol. The van der Waals surface area contributed by atoms with Gasteiger partial charge in [-0.05, 0) is 12.8 Å². The van der Waals surface area contributed by atoms with Gasteiger partial charge in [-0.25, -0.2) is 4.79 Å². The van der Waals surface area contributed by atoms with Gasteiger partial charge in [0.05, 0.1) is 12.2 Å². The highest BCUT2D eigenvalue weighted by atomic mass is 16.5. The second kappa shape index (κ2) is 2.57. The standard InChI is InChI=1S/C9H10N2O3/c12-9(13)8-7-5(10-11-8)3-4-1-2-6(7)14-4/h4,6H,1-3H2,(H,10,11)(H,12,13). The molecule has 2 N–H and O–H groups in total. The Morgan fingerprint density at radius 1 is 1.57 bits per heavy atom. The number of aromatic nitrogens is 2. The molecule has 2 unspecified atom stereocenters. The van der Waals surface area contributed by atoms with Gasteiger partial charge in [0.1, 0.15) is 0 Å². The van der Waals surface area contributed by atoms with Gasteiger partial charge in [0, 0.05) is 17.7 Å². The molecule has 0 aliphatic carbocycles. The summed E-state index contributed by atoms with van der Waals surface area (Å²) in [5, 5.41) is 15.5. The molecule has 74 valence electrons. The second-order valence-electron chi connectivity index (χ2n) is 3.80. The van der Waals surface area contributed by atoms with Crippen molar-refractivity contribution in [1.82, 2.24) is 10.2 Å². The summed E-state index contributed by atoms with van der Waals surface area (Å²) in [5.41, 5.74) is 1.85. The van der Waals surface area contributed by atoms with Gasteiger partial charge in [-0.3, -0.25) is 5.10 Å². The molecule has 3 heterocycles. The Bertz CT molecular complexity index is 399. The van der Waals surface area contributed by atoms with Crippen molar-refractivity contribution in [2.24, 2.45) is 0 Å². The third-order valence-electron chi connectivity index (χ3n) is 2.95. The Kier molecular flexibility index (Phi) is 1.47. The lowest BCUT2D eigenvalue weighted by Gasteiger charge is -2.20. The van der Waals surface area contributed by atoms with Gasteiger partial charge in [0.25, 0.3) is 0 Å². The summed E-state index contributed by atoms with van der Waals surface area (Å²) < 4.78 is 5.65. The van der Waals surface area contributed by atoms with Gasteiger partial charge >= 0.3 is 5.97 Å². The minimum atomic E-state index is -0.976. The molecule has 2 bridgehead atoms. The molecule has 2 aliphatic heterocycles. The number of nitrogens with zero attached hydrogens (tertiary/aromatic N) is 1. The maximum atomic E-state index is 10.9. The van der Waals surface area contributed by atoms with Crippen LogP contribution in [0.5, 0.6) is 0 Å². The smallest absolute Gasteiger partial charge is 0.356 e. The molecule has 5 nitrogen and oxygen atoms in total. The number of fused-ring (bicyclic) bond motifs is 4. The number of ether oxygens (including phenoxy) is 1. The van der Waals surface area contributed by atoms with Crippen molar-refractivity contribution in [2.75, 3.05) is 0 Å². The number of carboxylic acids is 1. The fourth-order valence-corrected chi connectivity index (χ4v) is 2.35. The predicted molar refractivity (Wildman–Crippen MR) is 46.1 cm³/mol. The zero-order chi connectivity index (χ0) is 9.71. The van der Waals surface area contributed by atoms with Crippen LogP contribution in [-0.2, 0) is 11.2 Å². The second-order valence-corrected chi connectivity index (χ2v) is 3.80. The van der Waals surface area contributed by atoms with Gasteiger partial charge in [0.2, 0.25) is 0 Å². The van der Waals surface area contributed by atoms with E-state index in [-0.39, 0.29) is 17.9 Å². The Labute approximate surface area is 80.1 Å². The molecule has 3 rings (SSSR count). The molecule has 1 saturated heterocycles. The number of H-pyrrole nitrogens is 1. The first-order chi connectivity index (χ1) is 6.75. The largest absolute Gasteiger partial charge is 0.476 e. The Morgan fingerprint density at radius 2 is 2.43 bits per heavy atom. The third-order valence-corrected chi connectivity index (χ3v) is 2.95. The van der Waals surface area contributed by atoms with E-state index in [1.54, 1.807) is 0 Å². The van der Waals surface area contributed by atoms with E-state index in [2.05, 4.69) is 10.2 Å². The average molecular weight is 194 g/mol. The summed E-state index contributed by atoms with van der Waals surface area (Å²) in [6.45, 7) is 0. The van der Waals surface area contributed by atoms with Crippen LogP contribution < -0.4 is 0 Å². The molecule has 1 aromatic rings. The fourth-order valence-electron chi connectivity index (χ4n) is 2.35. The summed E-state index contributed by atoms with van der Waals surface area (Å²) in [4.78, 5) is 10.9. The van der Waals surface area contributed by atoms with Crippen molar-refractivity contribution in [1.29, 1.82) is 0 Å². The lowest BCUT2D eigenvalue weighted by molar-refractivity contribution is 0.0304. The topological polar surface area (TPSA) is 75.2 Å². The van der Waals surface area contributed by atoms with E-state index in [9.17, 15) is 4.79 Å². The lowest BCUT2D eigenvalue weighted by atomic mass is 10.0. The van der Waals surface area contributed by atoms with Crippen LogP contribution in [0.4, 0.5) is 0 Å². The van der Waals surface area contributed by atoms with Crippen LogP contribution in [0.2, 0.25) is 0 Å². The molecule has 2 atom stereocenters.